The van der Waals surface area contributed by atoms with E-state index in [1.54, 1.807) is 6.92 Å². The summed E-state index contributed by atoms with van der Waals surface area (Å²) in [7, 11) is -0.803. The zero-order chi connectivity index (χ0) is 23.3. The molecule has 2 amide bonds. The van der Waals surface area contributed by atoms with Crippen molar-refractivity contribution in [3.63, 3.8) is 0 Å². The Hall–Kier alpha value is -3.15. The number of amides is 2. The van der Waals surface area contributed by atoms with Crippen molar-refractivity contribution >= 4 is 21.8 Å². The Morgan fingerprint density at radius 2 is 1.50 bits per heavy atom. The van der Waals surface area contributed by atoms with Gasteiger partial charge in [0.25, 0.3) is 11.8 Å². The van der Waals surface area contributed by atoms with Crippen molar-refractivity contribution in [3.8, 4) is 11.5 Å². The number of hydrazine groups is 1. The molecule has 32 heavy (non-hydrogen) atoms. The molecule has 1 aliphatic rings. The van der Waals surface area contributed by atoms with Crippen molar-refractivity contribution in [1.29, 1.82) is 0 Å². The number of ether oxygens (including phenoxy) is 3. The van der Waals surface area contributed by atoms with Gasteiger partial charge in [-0.1, -0.05) is 6.07 Å². The van der Waals surface area contributed by atoms with Crippen molar-refractivity contribution in [2.75, 3.05) is 40.5 Å². The number of rotatable bonds is 6. The summed E-state index contributed by atoms with van der Waals surface area (Å²) in [5, 5.41) is 0. The quantitative estimate of drug-likeness (QED) is 0.615. The highest BCUT2D eigenvalue weighted by Crippen LogP contribution is 2.29. The highest BCUT2D eigenvalue weighted by atomic mass is 32.2. The molecule has 0 aliphatic carbocycles. The van der Waals surface area contributed by atoms with Gasteiger partial charge in [-0.05, 0) is 37.3 Å². The average molecular weight is 464 g/mol. The predicted octanol–water partition coefficient (Wildman–Crippen LogP) is 1.11. The Kier molecular flexibility index (Phi) is 7.33. The number of nitrogens with zero attached hydrogens (tertiary/aromatic N) is 1. The van der Waals surface area contributed by atoms with Crippen LogP contribution in [0.3, 0.4) is 0 Å². The van der Waals surface area contributed by atoms with Gasteiger partial charge in [-0.25, -0.2) is 8.42 Å². The van der Waals surface area contributed by atoms with Gasteiger partial charge >= 0.3 is 0 Å². The number of methoxy groups -OCH3 is 2. The summed E-state index contributed by atoms with van der Waals surface area (Å²) < 4.78 is 42.6. The van der Waals surface area contributed by atoms with Crippen LogP contribution in [-0.4, -0.2) is 65.1 Å². The molecule has 0 bridgehead atoms. The minimum absolute atomic E-state index is 0.00798. The highest BCUT2D eigenvalue weighted by molar-refractivity contribution is 7.89. The van der Waals surface area contributed by atoms with Gasteiger partial charge in [-0.3, -0.25) is 20.4 Å². The third-order valence-electron chi connectivity index (χ3n) is 5.01. The lowest BCUT2D eigenvalue weighted by Gasteiger charge is -2.26. The van der Waals surface area contributed by atoms with Crippen molar-refractivity contribution in [3.05, 3.63) is 53.1 Å². The van der Waals surface area contributed by atoms with Gasteiger partial charge in [0.15, 0.2) is 0 Å². The van der Waals surface area contributed by atoms with Crippen LogP contribution >= 0.6 is 0 Å². The van der Waals surface area contributed by atoms with E-state index in [9.17, 15) is 18.0 Å². The first kappa shape index (κ1) is 23.5. The third kappa shape index (κ3) is 5.01. The van der Waals surface area contributed by atoms with Crippen LogP contribution in [0.4, 0.5) is 0 Å². The van der Waals surface area contributed by atoms with Crippen molar-refractivity contribution in [2.24, 2.45) is 0 Å². The number of carbonyl (C=O) groups is 2. The largest absolute Gasteiger partial charge is 0.496 e. The summed E-state index contributed by atoms with van der Waals surface area (Å²) in [6.45, 7) is 2.93. The average Bonchev–Trinajstić information content (AvgIpc) is 2.83. The minimum Gasteiger partial charge on any atom is -0.496 e. The Labute approximate surface area is 186 Å². The van der Waals surface area contributed by atoms with E-state index in [0.29, 0.717) is 24.7 Å². The monoisotopic (exact) mass is 463 g/mol. The standard InChI is InChI=1S/C21H25N3O7S/c1-14-18(29-2)12-16(13-19(14)30-3)21(26)23-22-20(25)15-5-4-6-17(11-15)32(27,28)24-7-9-31-10-8-24/h4-6,11-13H,7-10H2,1-3H3,(H,22,25)(H,23,26). The minimum atomic E-state index is -3.75. The van der Waals surface area contributed by atoms with Gasteiger partial charge in [0.05, 0.1) is 32.3 Å². The number of carbonyl (C=O) groups excluding carboxylic acids is 2. The van der Waals surface area contributed by atoms with Gasteiger partial charge in [0, 0.05) is 29.8 Å². The molecule has 11 heteroatoms. The highest BCUT2D eigenvalue weighted by Gasteiger charge is 2.27. The maximum Gasteiger partial charge on any atom is 0.269 e. The van der Waals surface area contributed by atoms with E-state index in [0.717, 1.165) is 5.56 Å². The molecule has 0 spiro atoms. The van der Waals surface area contributed by atoms with Gasteiger partial charge in [-0.15, -0.1) is 0 Å². The summed E-state index contributed by atoms with van der Waals surface area (Å²) in [6.07, 6.45) is 0. The van der Waals surface area contributed by atoms with Crippen LogP contribution in [-0.2, 0) is 14.8 Å². The molecule has 0 radical (unpaired) electrons. The third-order valence-corrected chi connectivity index (χ3v) is 6.90. The molecule has 2 aromatic carbocycles. The van der Waals surface area contributed by atoms with E-state index in [1.807, 2.05) is 0 Å². The Morgan fingerprint density at radius 3 is 2.06 bits per heavy atom. The fourth-order valence-electron chi connectivity index (χ4n) is 3.21. The number of nitrogens with one attached hydrogen (secondary N) is 2. The topological polar surface area (TPSA) is 123 Å². The van der Waals surface area contributed by atoms with Crippen LogP contribution in [0, 0.1) is 6.92 Å². The number of hydrogen-bond donors (Lipinski definition) is 2. The van der Waals surface area contributed by atoms with Crippen LogP contribution in [0.15, 0.2) is 41.3 Å². The van der Waals surface area contributed by atoms with Gasteiger partial charge in [0.1, 0.15) is 11.5 Å². The maximum atomic E-state index is 12.8. The molecule has 0 saturated carbocycles. The molecule has 3 rings (SSSR count). The van der Waals surface area contributed by atoms with E-state index < -0.39 is 21.8 Å². The smallest absolute Gasteiger partial charge is 0.269 e. The molecule has 2 N–H and O–H groups in total. The summed E-state index contributed by atoms with van der Waals surface area (Å²) in [6, 6.07) is 8.66. The summed E-state index contributed by atoms with van der Waals surface area (Å²) in [4.78, 5) is 25.0. The zero-order valence-corrected chi connectivity index (χ0v) is 18.8. The van der Waals surface area contributed by atoms with Crippen molar-refractivity contribution in [1.82, 2.24) is 15.2 Å². The zero-order valence-electron chi connectivity index (χ0n) is 18.0. The van der Waals surface area contributed by atoms with Gasteiger partial charge in [-0.2, -0.15) is 4.31 Å². The van der Waals surface area contributed by atoms with E-state index in [1.165, 1.54) is 54.9 Å². The van der Waals surface area contributed by atoms with Crippen LogP contribution in [0.5, 0.6) is 11.5 Å². The first-order chi connectivity index (χ1) is 15.3. The number of benzene rings is 2. The molecule has 1 fully saturated rings. The first-order valence-electron chi connectivity index (χ1n) is 9.79. The number of hydrogen-bond acceptors (Lipinski definition) is 7. The van der Waals surface area contributed by atoms with E-state index in [2.05, 4.69) is 10.9 Å². The molecule has 0 atom stereocenters. The molecule has 0 unspecified atom stereocenters. The van der Waals surface area contributed by atoms with E-state index in [4.69, 9.17) is 14.2 Å². The van der Waals surface area contributed by atoms with Gasteiger partial charge in [0.2, 0.25) is 10.0 Å². The Balaban J connectivity index is 1.72. The second kappa shape index (κ2) is 9.98. The Bertz CT molecular complexity index is 1090. The second-order valence-corrected chi connectivity index (χ2v) is 8.90. The molecule has 10 nitrogen and oxygen atoms in total. The fraction of sp³-hybridized carbons (Fsp3) is 0.333. The lowest BCUT2D eigenvalue weighted by molar-refractivity contribution is 0.0730. The summed E-state index contributed by atoms with van der Waals surface area (Å²) >= 11 is 0. The summed E-state index contributed by atoms with van der Waals surface area (Å²) in [5.41, 5.74) is 5.64. The second-order valence-electron chi connectivity index (χ2n) is 6.96. The molecular formula is C21H25N3O7S. The molecule has 1 saturated heterocycles. The van der Waals surface area contributed by atoms with E-state index >= 15 is 0 Å². The van der Waals surface area contributed by atoms with Crippen LogP contribution < -0.4 is 20.3 Å². The molecule has 0 aromatic heterocycles. The van der Waals surface area contributed by atoms with Crippen molar-refractivity contribution < 1.29 is 32.2 Å². The van der Waals surface area contributed by atoms with Crippen molar-refractivity contribution in [2.45, 2.75) is 11.8 Å². The lowest BCUT2D eigenvalue weighted by Crippen LogP contribution is -2.42. The fourth-order valence-corrected chi connectivity index (χ4v) is 4.66. The van der Waals surface area contributed by atoms with Crippen LogP contribution in [0.25, 0.3) is 0 Å². The number of morpholine rings is 1. The van der Waals surface area contributed by atoms with Gasteiger partial charge < -0.3 is 14.2 Å². The lowest BCUT2D eigenvalue weighted by atomic mass is 10.1. The van der Waals surface area contributed by atoms with Crippen LogP contribution in [0.2, 0.25) is 0 Å². The number of sulfonamides is 1. The Morgan fingerprint density at radius 1 is 0.938 bits per heavy atom. The maximum absolute atomic E-state index is 12.8. The normalized spacial score (nSPS) is 14.5. The molecule has 172 valence electrons. The molecule has 1 heterocycles. The first-order valence-corrected chi connectivity index (χ1v) is 11.2. The summed E-state index contributed by atoms with van der Waals surface area (Å²) in [5.74, 6) is -0.334. The molecule has 1 aliphatic heterocycles. The van der Waals surface area contributed by atoms with Crippen LogP contribution in [0.1, 0.15) is 26.3 Å². The molecular weight excluding hydrogens is 438 g/mol. The van der Waals surface area contributed by atoms with E-state index in [-0.39, 0.29) is 29.1 Å². The SMILES string of the molecule is COc1cc(C(=O)NNC(=O)c2cccc(S(=O)(=O)N3CCOCC3)c2)cc(OC)c1C. The predicted molar refractivity (Wildman–Crippen MR) is 115 cm³/mol. The molecule has 2 aromatic rings.